The zero-order chi connectivity index (χ0) is 16.0. The minimum absolute atomic E-state index is 0.101. The molecule has 1 aromatic rings. The molecule has 0 fully saturated rings. The van der Waals surface area contributed by atoms with E-state index in [1.165, 1.54) is 5.56 Å². The summed E-state index contributed by atoms with van der Waals surface area (Å²) in [5, 5.41) is 2.86. The van der Waals surface area contributed by atoms with Crippen molar-refractivity contribution in [3.8, 4) is 5.75 Å². The number of carbonyl (C=O) groups excluding carboxylic acids is 1. The molecule has 1 rings (SSSR count). The Morgan fingerprint density at radius 3 is 2.57 bits per heavy atom. The Morgan fingerprint density at radius 2 is 2.00 bits per heavy atom. The van der Waals surface area contributed by atoms with Crippen LogP contribution in [0.15, 0.2) is 18.2 Å². The van der Waals surface area contributed by atoms with Crippen molar-refractivity contribution in [2.45, 2.75) is 65.6 Å². The van der Waals surface area contributed by atoms with Crippen LogP contribution in [-0.2, 0) is 11.2 Å². The molecule has 0 aromatic heterocycles. The average Bonchev–Trinajstić information content (AvgIpc) is 2.40. The molecule has 0 aliphatic rings. The van der Waals surface area contributed by atoms with Gasteiger partial charge in [-0.15, -0.1) is 0 Å². The number of benzene rings is 1. The summed E-state index contributed by atoms with van der Waals surface area (Å²) in [6, 6.07) is 6.21. The highest BCUT2D eigenvalue weighted by molar-refractivity contribution is 5.80. The van der Waals surface area contributed by atoms with Gasteiger partial charge in [-0.3, -0.25) is 4.79 Å². The van der Waals surface area contributed by atoms with Gasteiger partial charge in [0, 0.05) is 12.1 Å². The minimum atomic E-state index is -0.522. The van der Waals surface area contributed by atoms with Gasteiger partial charge in [-0.1, -0.05) is 24.6 Å². The first-order valence-corrected chi connectivity index (χ1v) is 7.65. The topological polar surface area (TPSA) is 64.3 Å². The summed E-state index contributed by atoms with van der Waals surface area (Å²) < 4.78 is 5.84. The summed E-state index contributed by atoms with van der Waals surface area (Å²) in [5.74, 6) is 0.646. The van der Waals surface area contributed by atoms with Crippen molar-refractivity contribution in [2.24, 2.45) is 5.73 Å². The molecule has 1 aromatic carbocycles. The van der Waals surface area contributed by atoms with Crippen molar-refractivity contribution in [3.63, 3.8) is 0 Å². The Balaban J connectivity index is 2.84. The lowest BCUT2D eigenvalue weighted by atomic mass is 10.0. The summed E-state index contributed by atoms with van der Waals surface area (Å²) in [6.45, 7) is 9.74. The molecular formula is C17H28N2O2. The van der Waals surface area contributed by atoms with Gasteiger partial charge >= 0.3 is 0 Å². The zero-order valence-electron chi connectivity index (χ0n) is 13.8. The van der Waals surface area contributed by atoms with Crippen LogP contribution in [0.3, 0.4) is 0 Å². The molecule has 0 bridgehead atoms. The molecule has 0 spiro atoms. The van der Waals surface area contributed by atoms with E-state index in [0.29, 0.717) is 0 Å². The highest BCUT2D eigenvalue weighted by Crippen LogP contribution is 2.23. The molecule has 0 aliphatic heterocycles. The fourth-order valence-electron chi connectivity index (χ4n) is 2.06. The van der Waals surface area contributed by atoms with Gasteiger partial charge in [-0.25, -0.2) is 0 Å². The second-order valence-electron chi connectivity index (χ2n) is 5.91. The van der Waals surface area contributed by atoms with E-state index in [0.717, 1.165) is 24.2 Å². The standard InChI is InChI=1S/C17H28N2O2/c1-6-15(18)10-14-9-12(4)7-8-16(14)21-13(5)17(20)19-11(2)3/h7-9,11,13,15H,6,10,18H2,1-5H3,(H,19,20). The third-order valence-electron chi connectivity index (χ3n) is 3.33. The van der Waals surface area contributed by atoms with Gasteiger partial charge < -0.3 is 15.8 Å². The summed E-state index contributed by atoms with van der Waals surface area (Å²) in [7, 11) is 0. The SMILES string of the molecule is CCC(N)Cc1cc(C)ccc1OC(C)C(=O)NC(C)C. The maximum atomic E-state index is 12.0. The maximum Gasteiger partial charge on any atom is 0.260 e. The number of hydrogen-bond acceptors (Lipinski definition) is 3. The van der Waals surface area contributed by atoms with E-state index in [4.69, 9.17) is 10.5 Å². The van der Waals surface area contributed by atoms with E-state index in [1.54, 1.807) is 6.92 Å². The lowest BCUT2D eigenvalue weighted by molar-refractivity contribution is -0.127. The van der Waals surface area contributed by atoms with Gasteiger partial charge in [0.15, 0.2) is 6.10 Å². The molecule has 2 atom stereocenters. The number of nitrogens with one attached hydrogen (secondary N) is 1. The van der Waals surface area contributed by atoms with Crippen LogP contribution in [0, 0.1) is 6.92 Å². The normalized spacial score (nSPS) is 13.9. The predicted molar refractivity (Wildman–Crippen MR) is 86.5 cm³/mol. The molecule has 4 heteroatoms. The smallest absolute Gasteiger partial charge is 0.260 e. The predicted octanol–water partition coefficient (Wildman–Crippen LogP) is 2.57. The Bertz CT molecular complexity index is 472. The summed E-state index contributed by atoms with van der Waals surface area (Å²) >= 11 is 0. The molecule has 21 heavy (non-hydrogen) atoms. The minimum Gasteiger partial charge on any atom is -0.481 e. The second kappa shape index (κ2) is 8.03. The van der Waals surface area contributed by atoms with E-state index in [2.05, 4.69) is 18.3 Å². The number of amides is 1. The number of ether oxygens (including phenoxy) is 1. The molecule has 0 saturated heterocycles. The van der Waals surface area contributed by atoms with Gasteiger partial charge in [0.1, 0.15) is 5.75 Å². The summed E-state index contributed by atoms with van der Waals surface area (Å²) in [6.07, 6.45) is 1.15. The van der Waals surface area contributed by atoms with Crippen molar-refractivity contribution in [1.29, 1.82) is 0 Å². The first kappa shape index (κ1) is 17.5. The fourth-order valence-corrected chi connectivity index (χ4v) is 2.06. The molecule has 0 radical (unpaired) electrons. The van der Waals surface area contributed by atoms with Crippen LogP contribution in [0.1, 0.15) is 45.2 Å². The van der Waals surface area contributed by atoms with Crippen molar-refractivity contribution >= 4 is 5.91 Å². The number of nitrogens with two attached hydrogens (primary N) is 1. The maximum absolute atomic E-state index is 12.0. The number of aryl methyl sites for hydroxylation is 1. The molecule has 3 N–H and O–H groups in total. The number of hydrogen-bond donors (Lipinski definition) is 2. The van der Waals surface area contributed by atoms with Crippen molar-refractivity contribution in [2.75, 3.05) is 0 Å². The second-order valence-corrected chi connectivity index (χ2v) is 5.91. The molecule has 118 valence electrons. The van der Waals surface area contributed by atoms with E-state index in [-0.39, 0.29) is 18.0 Å². The molecule has 1 amide bonds. The molecule has 4 nitrogen and oxygen atoms in total. The molecule has 0 aliphatic carbocycles. The van der Waals surface area contributed by atoms with E-state index in [1.807, 2.05) is 32.9 Å². The zero-order valence-corrected chi connectivity index (χ0v) is 13.8. The Morgan fingerprint density at radius 1 is 1.33 bits per heavy atom. The highest BCUT2D eigenvalue weighted by atomic mass is 16.5. The quantitative estimate of drug-likeness (QED) is 0.812. The first-order valence-electron chi connectivity index (χ1n) is 7.65. The molecule has 0 heterocycles. The van der Waals surface area contributed by atoms with Gasteiger partial charge in [0.25, 0.3) is 5.91 Å². The van der Waals surface area contributed by atoms with Crippen LogP contribution >= 0.6 is 0 Å². The Kier molecular flexibility index (Phi) is 6.69. The Hall–Kier alpha value is -1.55. The monoisotopic (exact) mass is 292 g/mol. The van der Waals surface area contributed by atoms with Crippen LogP contribution in [0.5, 0.6) is 5.75 Å². The van der Waals surface area contributed by atoms with Crippen molar-refractivity contribution in [3.05, 3.63) is 29.3 Å². The van der Waals surface area contributed by atoms with E-state index >= 15 is 0 Å². The lowest BCUT2D eigenvalue weighted by Gasteiger charge is -2.20. The Labute approximate surface area is 128 Å². The molecule has 0 saturated carbocycles. The third kappa shape index (κ3) is 5.76. The van der Waals surface area contributed by atoms with Crippen molar-refractivity contribution < 1.29 is 9.53 Å². The van der Waals surface area contributed by atoms with Crippen LogP contribution in [0.4, 0.5) is 0 Å². The van der Waals surface area contributed by atoms with Gasteiger partial charge in [-0.05, 0) is 52.2 Å². The van der Waals surface area contributed by atoms with E-state index in [9.17, 15) is 4.79 Å². The van der Waals surface area contributed by atoms with E-state index < -0.39 is 6.10 Å². The summed E-state index contributed by atoms with van der Waals surface area (Å²) in [5.41, 5.74) is 8.28. The van der Waals surface area contributed by atoms with Crippen LogP contribution in [0.25, 0.3) is 0 Å². The van der Waals surface area contributed by atoms with Crippen LogP contribution in [-0.4, -0.2) is 24.1 Å². The average molecular weight is 292 g/mol. The van der Waals surface area contributed by atoms with Crippen molar-refractivity contribution in [1.82, 2.24) is 5.32 Å². The molecular weight excluding hydrogens is 264 g/mol. The van der Waals surface area contributed by atoms with Crippen LogP contribution < -0.4 is 15.8 Å². The highest BCUT2D eigenvalue weighted by Gasteiger charge is 2.17. The largest absolute Gasteiger partial charge is 0.481 e. The van der Waals surface area contributed by atoms with Gasteiger partial charge in [-0.2, -0.15) is 0 Å². The van der Waals surface area contributed by atoms with Gasteiger partial charge in [0.2, 0.25) is 0 Å². The van der Waals surface area contributed by atoms with Crippen LogP contribution in [0.2, 0.25) is 0 Å². The number of carbonyl (C=O) groups is 1. The lowest BCUT2D eigenvalue weighted by Crippen LogP contribution is -2.40. The fraction of sp³-hybridized carbons (Fsp3) is 0.588. The van der Waals surface area contributed by atoms with Gasteiger partial charge in [0.05, 0.1) is 0 Å². The first-order chi connectivity index (χ1) is 9.83. The summed E-state index contributed by atoms with van der Waals surface area (Å²) in [4.78, 5) is 12.0. The number of rotatable bonds is 7. The third-order valence-corrected chi connectivity index (χ3v) is 3.33. The molecule has 2 unspecified atom stereocenters.